The van der Waals surface area contributed by atoms with Gasteiger partial charge in [-0.25, -0.2) is 10.8 Å². The van der Waals surface area contributed by atoms with Gasteiger partial charge < -0.3 is 10.3 Å². The third kappa shape index (κ3) is 2.59. The number of aromatic nitrogens is 1. The number of nitrogens with zero attached hydrogens (tertiary/aromatic N) is 3. The second kappa shape index (κ2) is 5.19. The molecule has 1 saturated heterocycles. The van der Waals surface area contributed by atoms with E-state index in [1.54, 1.807) is 0 Å². The maximum absolute atomic E-state index is 10.9. The van der Waals surface area contributed by atoms with Gasteiger partial charge in [-0.1, -0.05) is 0 Å². The van der Waals surface area contributed by atoms with Crippen molar-refractivity contribution in [2.45, 2.75) is 0 Å². The molecule has 0 amide bonds. The van der Waals surface area contributed by atoms with Crippen LogP contribution in [-0.2, 0) is 0 Å². The third-order valence-electron chi connectivity index (χ3n) is 2.51. The molecule has 2 heterocycles. The molecule has 8 heteroatoms. The molecule has 0 aromatic carbocycles. The van der Waals surface area contributed by atoms with E-state index in [9.17, 15) is 10.1 Å². The van der Waals surface area contributed by atoms with Gasteiger partial charge in [0.1, 0.15) is 5.82 Å². The number of nitrogen functional groups attached to an aromatic ring is 1. The maximum Gasteiger partial charge on any atom is 0.311 e. The number of hydrogen-bond donors (Lipinski definition) is 2. The molecular weight excluding hydrogens is 242 g/mol. The Labute approximate surface area is 103 Å². The van der Waals surface area contributed by atoms with Crippen molar-refractivity contribution < 1.29 is 4.92 Å². The fourth-order valence-corrected chi connectivity index (χ4v) is 2.57. The molecule has 0 bridgehead atoms. The summed E-state index contributed by atoms with van der Waals surface area (Å²) in [6.45, 7) is 1.54. The Balaban J connectivity index is 2.36. The van der Waals surface area contributed by atoms with E-state index in [1.165, 1.54) is 12.1 Å². The third-order valence-corrected chi connectivity index (χ3v) is 3.45. The Morgan fingerprint density at radius 2 is 2.18 bits per heavy atom. The van der Waals surface area contributed by atoms with Crippen LogP contribution in [0.1, 0.15) is 0 Å². The lowest BCUT2D eigenvalue weighted by Gasteiger charge is -2.27. The van der Waals surface area contributed by atoms with Crippen LogP contribution < -0.4 is 16.2 Å². The molecule has 1 aliphatic heterocycles. The predicted octanol–water partition coefficient (Wildman–Crippen LogP) is 0.829. The molecular formula is C9H13N5O2S. The van der Waals surface area contributed by atoms with Crippen LogP contribution in [0.15, 0.2) is 12.1 Å². The van der Waals surface area contributed by atoms with E-state index in [1.807, 2.05) is 16.7 Å². The lowest BCUT2D eigenvalue weighted by Crippen LogP contribution is -2.33. The zero-order valence-corrected chi connectivity index (χ0v) is 9.94. The number of hydrogen-bond acceptors (Lipinski definition) is 7. The van der Waals surface area contributed by atoms with Crippen molar-refractivity contribution in [3.63, 3.8) is 0 Å². The number of pyridine rings is 1. The summed E-state index contributed by atoms with van der Waals surface area (Å²) in [6.07, 6.45) is 0. The second-order valence-electron chi connectivity index (χ2n) is 3.54. The summed E-state index contributed by atoms with van der Waals surface area (Å²) >= 11 is 1.84. The van der Waals surface area contributed by atoms with Crippen LogP contribution in [-0.4, -0.2) is 34.5 Å². The van der Waals surface area contributed by atoms with E-state index in [-0.39, 0.29) is 5.69 Å². The highest BCUT2D eigenvalue weighted by molar-refractivity contribution is 7.99. The predicted molar refractivity (Wildman–Crippen MR) is 68.2 cm³/mol. The molecule has 0 saturated carbocycles. The first-order valence-corrected chi connectivity index (χ1v) is 6.32. The molecule has 1 aliphatic rings. The number of nitrogens with one attached hydrogen (secondary N) is 1. The van der Waals surface area contributed by atoms with Gasteiger partial charge in [0.25, 0.3) is 0 Å². The molecule has 92 valence electrons. The zero-order valence-electron chi connectivity index (χ0n) is 9.13. The van der Waals surface area contributed by atoms with Crippen LogP contribution in [0.2, 0.25) is 0 Å². The maximum atomic E-state index is 10.9. The van der Waals surface area contributed by atoms with Gasteiger partial charge in [0, 0.05) is 30.7 Å². The minimum atomic E-state index is -0.412. The van der Waals surface area contributed by atoms with Crippen LogP contribution in [0.25, 0.3) is 0 Å². The summed E-state index contributed by atoms with van der Waals surface area (Å²) in [5, 5.41) is 10.9. The Hall–Kier alpha value is -1.54. The van der Waals surface area contributed by atoms with E-state index >= 15 is 0 Å². The summed E-state index contributed by atoms with van der Waals surface area (Å²) in [7, 11) is 0. The molecule has 3 N–H and O–H groups in total. The van der Waals surface area contributed by atoms with Crippen molar-refractivity contribution in [1.82, 2.24) is 4.98 Å². The topological polar surface area (TPSA) is 97.3 Å². The molecule has 0 atom stereocenters. The van der Waals surface area contributed by atoms with E-state index in [0.29, 0.717) is 11.6 Å². The summed E-state index contributed by atoms with van der Waals surface area (Å²) < 4.78 is 0. The highest BCUT2D eigenvalue weighted by Gasteiger charge is 2.23. The average molecular weight is 255 g/mol. The Morgan fingerprint density at radius 1 is 1.47 bits per heavy atom. The van der Waals surface area contributed by atoms with E-state index < -0.39 is 4.92 Å². The van der Waals surface area contributed by atoms with Crippen molar-refractivity contribution in [2.24, 2.45) is 5.84 Å². The molecule has 1 aromatic heterocycles. The number of hydrazine groups is 1. The van der Waals surface area contributed by atoms with Crippen LogP contribution in [0.5, 0.6) is 0 Å². The highest BCUT2D eigenvalue weighted by Crippen LogP contribution is 2.29. The fourth-order valence-electron chi connectivity index (χ4n) is 1.67. The van der Waals surface area contributed by atoms with Crippen molar-refractivity contribution in [2.75, 3.05) is 34.9 Å². The summed E-state index contributed by atoms with van der Waals surface area (Å²) in [5.74, 6) is 8.01. The SMILES string of the molecule is NNc1ccc([N+](=O)[O-])c(N2CCSCC2)n1. The number of nitrogens with two attached hydrogens (primary N) is 1. The Morgan fingerprint density at radius 3 is 2.76 bits per heavy atom. The van der Waals surface area contributed by atoms with Gasteiger partial charge in [-0.05, 0) is 6.07 Å². The van der Waals surface area contributed by atoms with E-state index in [4.69, 9.17) is 5.84 Å². The Bertz CT molecular complexity index is 422. The molecule has 0 spiro atoms. The van der Waals surface area contributed by atoms with Crippen molar-refractivity contribution in [1.29, 1.82) is 0 Å². The molecule has 1 fully saturated rings. The van der Waals surface area contributed by atoms with E-state index in [0.717, 1.165) is 24.6 Å². The lowest BCUT2D eigenvalue weighted by atomic mass is 10.3. The minimum Gasteiger partial charge on any atom is -0.349 e. The molecule has 17 heavy (non-hydrogen) atoms. The van der Waals surface area contributed by atoms with Gasteiger partial charge >= 0.3 is 5.69 Å². The molecule has 0 unspecified atom stereocenters. The van der Waals surface area contributed by atoms with Gasteiger partial charge in [-0.2, -0.15) is 11.8 Å². The first-order chi connectivity index (χ1) is 8.22. The number of nitro groups is 1. The molecule has 0 radical (unpaired) electrons. The highest BCUT2D eigenvalue weighted by atomic mass is 32.2. The van der Waals surface area contributed by atoms with Gasteiger partial charge in [0.15, 0.2) is 0 Å². The number of thioether (sulfide) groups is 1. The first kappa shape index (κ1) is 11.9. The lowest BCUT2D eigenvalue weighted by molar-refractivity contribution is -0.384. The largest absolute Gasteiger partial charge is 0.349 e. The van der Waals surface area contributed by atoms with Gasteiger partial charge in [0.2, 0.25) is 5.82 Å². The molecule has 2 rings (SSSR count). The monoisotopic (exact) mass is 255 g/mol. The zero-order chi connectivity index (χ0) is 12.3. The average Bonchev–Trinajstić information content (AvgIpc) is 2.39. The van der Waals surface area contributed by atoms with Gasteiger partial charge in [0.05, 0.1) is 4.92 Å². The summed E-state index contributed by atoms with van der Waals surface area (Å²) in [4.78, 5) is 16.6. The number of anilines is 2. The van der Waals surface area contributed by atoms with Crippen LogP contribution >= 0.6 is 11.8 Å². The smallest absolute Gasteiger partial charge is 0.311 e. The molecule has 7 nitrogen and oxygen atoms in total. The normalized spacial score (nSPS) is 15.7. The summed E-state index contributed by atoms with van der Waals surface area (Å²) in [5.41, 5.74) is 2.43. The van der Waals surface area contributed by atoms with Crippen LogP contribution in [0, 0.1) is 10.1 Å². The summed E-state index contributed by atoms with van der Waals surface area (Å²) in [6, 6.07) is 2.93. The van der Waals surface area contributed by atoms with Crippen molar-refractivity contribution in [3.05, 3.63) is 22.2 Å². The fraction of sp³-hybridized carbons (Fsp3) is 0.444. The van der Waals surface area contributed by atoms with Crippen molar-refractivity contribution in [3.8, 4) is 0 Å². The molecule has 0 aliphatic carbocycles. The van der Waals surface area contributed by atoms with E-state index in [2.05, 4.69) is 10.4 Å². The number of rotatable bonds is 3. The minimum absolute atomic E-state index is 0.0240. The van der Waals surface area contributed by atoms with Crippen LogP contribution in [0.4, 0.5) is 17.3 Å². The van der Waals surface area contributed by atoms with Crippen molar-refractivity contribution >= 4 is 29.1 Å². The van der Waals surface area contributed by atoms with Gasteiger partial charge in [-0.3, -0.25) is 10.1 Å². The standard InChI is InChI=1S/C9H13N5O2S/c10-12-8-2-1-7(14(15)16)9(11-8)13-3-5-17-6-4-13/h1-2H,3-6,10H2,(H,11,12). The van der Waals surface area contributed by atoms with Gasteiger partial charge in [-0.15, -0.1) is 0 Å². The Kier molecular flexibility index (Phi) is 3.64. The quantitative estimate of drug-likeness (QED) is 0.469. The second-order valence-corrected chi connectivity index (χ2v) is 4.76. The van der Waals surface area contributed by atoms with Crippen LogP contribution in [0.3, 0.4) is 0 Å². The first-order valence-electron chi connectivity index (χ1n) is 5.17. The molecule has 1 aromatic rings.